The second-order valence-electron chi connectivity index (χ2n) is 6.80. The molecular weight excluding hydrogens is 200 g/mol. The number of hydrogen-bond acceptors (Lipinski definition) is 2. The van der Waals surface area contributed by atoms with Crippen LogP contribution in [0.3, 0.4) is 0 Å². The van der Waals surface area contributed by atoms with Crippen LogP contribution in [0.15, 0.2) is 0 Å². The van der Waals surface area contributed by atoms with Crippen molar-refractivity contribution < 1.29 is 9.53 Å². The molecular formula is C14H24O2. The fourth-order valence-corrected chi connectivity index (χ4v) is 4.47. The van der Waals surface area contributed by atoms with Gasteiger partial charge in [0.1, 0.15) is 5.60 Å². The molecule has 0 aliphatic heterocycles. The van der Waals surface area contributed by atoms with Crippen molar-refractivity contribution in [2.45, 2.75) is 65.4 Å². The van der Waals surface area contributed by atoms with Crippen LogP contribution in [0.2, 0.25) is 0 Å². The van der Waals surface area contributed by atoms with E-state index in [1.165, 1.54) is 25.7 Å². The standard InChI is InChI=1S/C14H24O2/c1-12(2)7-5-8-13(3)11(12)6-9-14(13,4)16-10-15/h10-11H,5-9H2,1-4H3/t11-,13-,14+/m0/s1. The number of rotatable bonds is 2. The smallest absolute Gasteiger partial charge is 0.293 e. The van der Waals surface area contributed by atoms with Gasteiger partial charge in [0.05, 0.1) is 0 Å². The van der Waals surface area contributed by atoms with Crippen LogP contribution in [0.4, 0.5) is 0 Å². The summed E-state index contributed by atoms with van der Waals surface area (Å²) in [6.45, 7) is 9.86. The van der Waals surface area contributed by atoms with Crippen LogP contribution >= 0.6 is 0 Å². The first-order chi connectivity index (χ1) is 7.36. The first kappa shape index (κ1) is 11.9. The minimum absolute atomic E-state index is 0.176. The van der Waals surface area contributed by atoms with E-state index in [1.54, 1.807) is 0 Å². The van der Waals surface area contributed by atoms with E-state index in [0.717, 1.165) is 6.42 Å². The van der Waals surface area contributed by atoms with Crippen molar-refractivity contribution in [2.24, 2.45) is 16.7 Å². The van der Waals surface area contributed by atoms with E-state index < -0.39 is 0 Å². The Labute approximate surface area is 98.7 Å². The summed E-state index contributed by atoms with van der Waals surface area (Å²) >= 11 is 0. The molecule has 2 aliphatic carbocycles. The van der Waals surface area contributed by atoms with Crippen molar-refractivity contribution in [2.75, 3.05) is 0 Å². The number of fused-ring (bicyclic) bond motifs is 1. The van der Waals surface area contributed by atoms with E-state index in [-0.39, 0.29) is 11.0 Å². The Morgan fingerprint density at radius 3 is 2.44 bits per heavy atom. The molecule has 2 fully saturated rings. The maximum absolute atomic E-state index is 10.7. The zero-order valence-corrected chi connectivity index (χ0v) is 11.0. The van der Waals surface area contributed by atoms with Gasteiger partial charge in [0.2, 0.25) is 0 Å². The quantitative estimate of drug-likeness (QED) is 0.671. The van der Waals surface area contributed by atoms with Crippen LogP contribution in [0.5, 0.6) is 0 Å². The molecule has 0 radical (unpaired) electrons. The summed E-state index contributed by atoms with van der Waals surface area (Å²) in [4.78, 5) is 10.7. The Morgan fingerprint density at radius 1 is 1.12 bits per heavy atom. The molecule has 16 heavy (non-hydrogen) atoms. The molecule has 0 aromatic carbocycles. The molecule has 2 nitrogen and oxygen atoms in total. The Hall–Kier alpha value is -0.530. The summed E-state index contributed by atoms with van der Waals surface area (Å²) in [6, 6.07) is 0. The van der Waals surface area contributed by atoms with Gasteiger partial charge in [0.15, 0.2) is 0 Å². The zero-order valence-electron chi connectivity index (χ0n) is 11.0. The number of carbonyl (C=O) groups is 1. The van der Waals surface area contributed by atoms with Crippen molar-refractivity contribution >= 4 is 6.47 Å². The van der Waals surface area contributed by atoms with Crippen LogP contribution in [0.25, 0.3) is 0 Å². The monoisotopic (exact) mass is 224 g/mol. The van der Waals surface area contributed by atoms with Crippen molar-refractivity contribution in [3.63, 3.8) is 0 Å². The first-order valence-corrected chi connectivity index (χ1v) is 6.47. The number of hydrogen-bond donors (Lipinski definition) is 0. The molecule has 0 amide bonds. The van der Waals surface area contributed by atoms with Crippen LogP contribution in [-0.2, 0) is 9.53 Å². The van der Waals surface area contributed by atoms with Gasteiger partial charge in [0, 0.05) is 5.41 Å². The predicted molar refractivity (Wildman–Crippen MR) is 64.0 cm³/mol. The molecule has 2 rings (SSSR count). The summed E-state index contributed by atoms with van der Waals surface area (Å²) in [5.74, 6) is 0.693. The Balaban J connectivity index is 2.34. The fraction of sp³-hybridized carbons (Fsp3) is 0.929. The summed E-state index contributed by atoms with van der Waals surface area (Å²) in [6.07, 6.45) is 6.00. The van der Waals surface area contributed by atoms with Gasteiger partial charge >= 0.3 is 0 Å². The molecule has 2 saturated carbocycles. The van der Waals surface area contributed by atoms with Crippen LogP contribution in [-0.4, -0.2) is 12.1 Å². The van der Waals surface area contributed by atoms with Gasteiger partial charge < -0.3 is 4.74 Å². The lowest BCUT2D eigenvalue weighted by Gasteiger charge is -2.52. The first-order valence-electron chi connectivity index (χ1n) is 6.47. The molecule has 0 bridgehead atoms. The summed E-state index contributed by atoms with van der Waals surface area (Å²) in [5.41, 5.74) is 0.337. The van der Waals surface area contributed by atoms with Crippen molar-refractivity contribution in [1.82, 2.24) is 0 Å². The highest BCUT2D eigenvalue weighted by atomic mass is 16.5. The summed E-state index contributed by atoms with van der Waals surface area (Å²) in [7, 11) is 0. The third-order valence-corrected chi connectivity index (χ3v) is 5.66. The molecule has 2 aliphatic rings. The average molecular weight is 224 g/mol. The van der Waals surface area contributed by atoms with Crippen LogP contribution < -0.4 is 0 Å². The molecule has 2 heteroatoms. The third kappa shape index (κ3) is 1.42. The van der Waals surface area contributed by atoms with Crippen LogP contribution in [0.1, 0.15) is 59.8 Å². The van der Waals surface area contributed by atoms with Gasteiger partial charge in [-0.25, -0.2) is 0 Å². The van der Waals surface area contributed by atoms with Gasteiger partial charge in [-0.1, -0.05) is 27.2 Å². The second kappa shape index (κ2) is 3.48. The Kier molecular flexibility index (Phi) is 2.60. The topological polar surface area (TPSA) is 26.3 Å². The molecule has 0 aromatic rings. The summed E-state index contributed by atoms with van der Waals surface area (Å²) in [5, 5.41) is 0. The van der Waals surface area contributed by atoms with Gasteiger partial charge in [-0.2, -0.15) is 0 Å². The van der Waals surface area contributed by atoms with Gasteiger partial charge in [0.25, 0.3) is 6.47 Å². The van der Waals surface area contributed by atoms with Gasteiger partial charge in [-0.15, -0.1) is 0 Å². The van der Waals surface area contributed by atoms with Crippen LogP contribution in [0, 0.1) is 16.7 Å². The zero-order chi connectivity index (χ0) is 12.0. The normalized spacial score (nSPS) is 46.1. The molecule has 0 N–H and O–H groups in total. The minimum Gasteiger partial charge on any atom is -0.461 e. The predicted octanol–water partition coefficient (Wildman–Crippen LogP) is 3.54. The van der Waals surface area contributed by atoms with Crippen molar-refractivity contribution in [3.8, 4) is 0 Å². The van der Waals surface area contributed by atoms with Crippen molar-refractivity contribution in [1.29, 1.82) is 0 Å². The minimum atomic E-state index is -0.239. The van der Waals surface area contributed by atoms with Gasteiger partial charge in [-0.05, 0) is 43.9 Å². The maximum Gasteiger partial charge on any atom is 0.293 e. The lowest BCUT2D eigenvalue weighted by atomic mass is 9.55. The lowest BCUT2D eigenvalue weighted by Crippen LogP contribution is -2.50. The number of carbonyl (C=O) groups excluding carboxylic acids is 1. The molecule has 0 aromatic heterocycles. The second-order valence-corrected chi connectivity index (χ2v) is 6.80. The summed E-state index contributed by atoms with van der Waals surface area (Å²) < 4.78 is 5.48. The Bertz CT molecular complexity index is 297. The Morgan fingerprint density at radius 2 is 1.81 bits per heavy atom. The van der Waals surface area contributed by atoms with Crippen molar-refractivity contribution in [3.05, 3.63) is 0 Å². The molecule has 92 valence electrons. The van der Waals surface area contributed by atoms with E-state index in [0.29, 0.717) is 17.8 Å². The highest BCUT2D eigenvalue weighted by Gasteiger charge is 2.61. The third-order valence-electron chi connectivity index (χ3n) is 5.66. The number of ether oxygens (including phenoxy) is 1. The van der Waals surface area contributed by atoms with E-state index in [2.05, 4.69) is 27.7 Å². The molecule has 0 unspecified atom stereocenters. The van der Waals surface area contributed by atoms with Gasteiger partial charge in [-0.3, -0.25) is 4.79 Å². The highest BCUT2D eigenvalue weighted by Crippen LogP contribution is 2.64. The molecule has 0 heterocycles. The van der Waals surface area contributed by atoms with E-state index in [1.807, 2.05) is 0 Å². The highest BCUT2D eigenvalue weighted by molar-refractivity contribution is 5.39. The fourth-order valence-electron chi connectivity index (χ4n) is 4.47. The van der Waals surface area contributed by atoms with E-state index in [4.69, 9.17) is 4.74 Å². The average Bonchev–Trinajstić information content (AvgIpc) is 2.40. The SMILES string of the molecule is CC1(C)CCC[C@@]2(C)[C@H]1CC[C@@]2(C)OC=O. The lowest BCUT2D eigenvalue weighted by molar-refractivity contribution is -0.163. The molecule has 0 saturated heterocycles. The molecule has 3 atom stereocenters. The van der Waals surface area contributed by atoms with E-state index in [9.17, 15) is 4.79 Å². The largest absolute Gasteiger partial charge is 0.461 e. The maximum atomic E-state index is 10.7. The molecule has 0 spiro atoms. The van der Waals surface area contributed by atoms with E-state index >= 15 is 0 Å².